The van der Waals surface area contributed by atoms with E-state index >= 15 is 0 Å². The van der Waals surface area contributed by atoms with E-state index in [0.717, 1.165) is 23.1 Å². The monoisotopic (exact) mass is 247 g/mol. The lowest BCUT2D eigenvalue weighted by Crippen LogP contribution is -2.30. The van der Waals surface area contributed by atoms with Gasteiger partial charge in [0.2, 0.25) is 5.91 Å². The molecule has 96 valence electrons. The SMILES string of the molecule is CN(CCc1ccc2ncoc2c1)C(=O)CCN. The first kappa shape index (κ1) is 12.6. The molecular formula is C13H17N3O2. The lowest BCUT2D eigenvalue weighted by molar-refractivity contribution is -0.129. The largest absolute Gasteiger partial charge is 0.443 e. The fraction of sp³-hybridized carbons (Fsp3) is 0.385. The third kappa shape index (κ3) is 2.87. The molecule has 5 heteroatoms. The number of oxazole rings is 1. The minimum Gasteiger partial charge on any atom is -0.443 e. The van der Waals surface area contributed by atoms with Gasteiger partial charge in [0.25, 0.3) is 0 Å². The Morgan fingerprint density at radius 3 is 3.11 bits per heavy atom. The highest BCUT2D eigenvalue weighted by molar-refractivity contribution is 5.76. The maximum atomic E-state index is 11.6. The summed E-state index contributed by atoms with van der Waals surface area (Å²) in [6.07, 6.45) is 2.63. The zero-order chi connectivity index (χ0) is 13.0. The van der Waals surface area contributed by atoms with E-state index < -0.39 is 0 Å². The van der Waals surface area contributed by atoms with Gasteiger partial charge in [-0.05, 0) is 24.1 Å². The van der Waals surface area contributed by atoms with Crippen LogP contribution in [0.1, 0.15) is 12.0 Å². The van der Waals surface area contributed by atoms with Crippen LogP contribution in [-0.2, 0) is 11.2 Å². The predicted octanol–water partition coefficient (Wildman–Crippen LogP) is 1.18. The van der Waals surface area contributed by atoms with E-state index in [0.29, 0.717) is 19.5 Å². The van der Waals surface area contributed by atoms with E-state index in [2.05, 4.69) is 4.98 Å². The summed E-state index contributed by atoms with van der Waals surface area (Å²) in [5.41, 5.74) is 8.12. The van der Waals surface area contributed by atoms with Crippen molar-refractivity contribution in [2.45, 2.75) is 12.8 Å². The van der Waals surface area contributed by atoms with Crippen molar-refractivity contribution in [3.63, 3.8) is 0 Å². The number of amides is 1. The third-order valence-electron chi connectivity index (χ3n) is 2.92. The fourth-order valence-corrected chi connectivity index (χ4v) is 1.79. The summed E-state index contributed by atoms with van der Waals surface area (Å²) >= 11 is 0. The van der Waals surface area contributed by atoms with Crippen LogP contribution in [0.25, 0.3) is 11.1 Å². The lowest BCUT2D eigenvalue weighted by Gasteiger charge is -2.16. The van der Waals surface area contributed by atoms with Gasteiger partial charge in [-0.1, -0.05) is 6.07 Å². The summed E-state index contributed by atoms with van der Waals surface area (Å²) in [5.74, 6) is 0.0817. The summed E-state index contributed by atoms with van der Waals surface area (Å²) < 4.78 is 5.24. The Bertz CT molecular complexity index is 536. The third-order valence-corrected chi connectivity index (χ3v) is 2.92. The van der Waals surface area contributed by atoms with Gasteiger partial charge in [0.1, 0.15) is 5.52 Å². The Labute approximate surface area is 106 Å². The molecule has 0 radical (unpaired) electrons. The minimum atomic E-state index is 0.0817. The summed E-state index contributed by atoms with van der Waals surface area (Å²) in [5, 5.41) is 0. The normalized spacial score (nSPS) is 10.8. The Morgan fingerprint density at radius 1 is 1.50 bits per heavy atom. The maximum absolute atomic E-state index is 11.6. The fourth-order valence-electron chi connectivity index (χ4n) is 1.79. The predicted molar refractivity (Wildman–Crippen MR) is 69.0 cm³/mol. The lowest BCUT2D eigenvalue weighted by atomic mass is 10.1. The molecule has 0 aliphatic rings. The Morgan fingerprint density at radius 2 is 2.33 bits per heavy atom. The van der Waals surface area contributed by atoms with Gasteiger partial charge in [-0.25, -0.2) is 4.98 Å². The highest BCUT2D eigenvalue weighted by Crippen LogP contribution is 2.14. The van der Waals surface area contributed by atoms with Crippen LogP contribution in [0, 0.1) is 0 Å². The number of benzene rings is 1. The number of carbonyl (C=O) groups is 1. The second kappa shape index (κ2) is 5.64. The molecule has 18 heavy (non-hydrogen) atoms. The average molecular weight is 247 g/mol. The zero-order valence-electron chi connectivity index (χ0n) is 10.4. The van der Waals surface area contributed by atoms with Gasteiger partial charge in [0.15, 0.2) is 12.0 Å². The highest BCUT2D eigenvalue weighted by atomic mass is 16.3. The molecular weight excluding hydrogens is 230 g/mol. The van der Waals surface area contributed by atoms with Crippen molar-refractivity contribution in [2.75, 3.05) is 20.1 Å². The van der Waals surface area contributed by atoms with Crippen molar-refractivity contribution in [3.8, 4) is 0 Å². The van der Waals surface area contributed by atoms with Crippen molar-refractivity contribution in [1.29, 1.82) is 0 Å². The van der Waals surface area contributed by atoms with E-state index in [4.69, 9.17) is 10.2 Å². The first-order chi connectivity index (χ1) is 8.70. The van der Waals surface area contributed by atoms with Crippen LogP contribution in [0.5, 0.6) is 0 Å². The molecule has 0 saturated carbocycles. The number of hydrogen-bond donors (Lipinski definition) is 1. The summed E-state index contributed by atoms with van der Waals surface area (Å²) in [6.45, 7) is 1.08. The molecule has 2 N–H and O–H groups in total. The van der Waals surface area contributed by atoms with Crippen molar-refractivity contribution in [2.24, 2.45) is 5.73 Å². The molecule has 5 nitrogen and oxygen atoms in total. The standard InChI is InChI=1S/C13H17N3O2/c1-16(13(17)4-6-14)7-5-10-2-3-11-12(8-10)18-9-15-11/h2-3,8-9H,4-7,14H2,1H3. The van der Waals surface area contributed by atoms with Crippen LogP contribution in [0.15, 0.2) is 29.0 Å². The first-order valence-electron chi connectivity index (χ1n) is 5.97. The minimum absolute atomic E-state index is 0.0817. The average Bonchev–Trinajstić information content (AvgIpc) is 2.83. The number of nitrogens with two attached hydrogens (primary N) is 1. The molecule has 2 rings (SSSR count). The second-order valence-electron chi connectivity index (χ2n) is 4.26. The number of aromatic nitrogens is 1. The van der Waals surface area contributed by atoms with Crippen molar-refractivity contribution < 1.29 is 9.21 Å². The molecule has 1 amide bonds. The van der Waals surface area contributed by atoms with Gasteiger partial charge < -0.3 is 15.1 Å². The number of likely N-dealkylation sites (N-methyl/N-ethyl adjacent to an activating group) is 1. The number of carbonyl (C=O) groups excluding carboxylic acids is 1. The van der Waals surface area contributed by atoms with Crippen LogP contribution in [0.2, 0.25) is 0 Å². The zero-order valence-corrected chi connectivity index (χ0v) is 10.4. The Kier molecular flexibility index (Phi) is 3.94. The first-order valence-corrected chi connectivity index (χ1v) is 5.97. The van der Waals surface area contributed by atoms with Crippen LogP contribution in [0.4, 0.5) is 0 Å². The van der Waals surface area contributed by atoms with Gasteiger partial charge in [-0.15, -0.1) is 0 Å². The Hall–Kier alpha value is -1.88. The number of fused-ring (bicyclic) bond motifs is 1. The van der Waals surface area contributed by atoms with Crippen molar-refractivity contribution >= 4 is 17.0 Å². The van der Waals surface area contributed by atoms with Gasteiger partial charge >= 0.3 is 0 Å². The van der Waals surface area contributed by atoms with Gasteiger partial charge in [0.05, 0.1) is 0 Å². The van der Waals surface area contributed by atoms with Crippen molar-refractivity contribution in [1.82, 2.24) is 9.88 Å². The number of rotatable bonds is 5. The molecule has 0 unspecified atom stereocenters. The molecule has 0 bridgehead atoms. The van der Waals surface area contributed by atoms with E-state index in [1.54, 1.807) is 11.9 Å². The Balaban J connectivity index is 1.95. The smallest absolute Gasteiger partial charge is 0.223 e. The molecule has 0 aliphatic carbocycles. The number of hydrogen-bond acceptors (Lipinski definition) is 4. The topological polar surface area (TPSA) is 72.4 Å². The second-order valence-corrected chi connectivity index (χ2v) is 4.26. The molecule has 0 atom stereocenters. The van der Waals surface area contributed by atoms with Crippen LogP contribution in [0.3, 0.4) is 0 Å². The van der Waals surface area contributed by atoms with Crippen LogP contribution < -0.4 is 5.73 Å². The van der Waals surface area contributed by atoms with Crippen LogP contribution >= 0.6 is 0 Å². The molecule has 1 heterocycles. The van der Waals surface area contributed by atoms with E-state index in [9.17, 15) is 4.79 Å². The summed E-state index contributed by atoms with van der Waals surface area (Å²) in [4.78, 5) is 17.3. The molecule has 0 aliphatic heterocycles. The van der Waals surface area contributed by atoms with E-state index in [-0.39, 0.29) is 5.91 Å². The molecule has 0 fully saturated rings. The van der Waals surface area contributed by atoms with Gasteiger partial charge in [-0.2, -0.15) is 0 Å². The molecule has 1 aromatic heterocycles. The van der Waals surface area contributed by atoms with E-state index in [1.807, 2.05) is 18.2 Å². The summed E-state index contributed by atoms with van der Waals surface area (Å²) in [6, 6.07) is 5.89. The van der Waals surface area contributed by atoms with Crippen molar-refractivity contribution in [3.05, 3.63) is 30.2 Å². The highest BCUT2D eigenvalue weighted by Gasteiger charge is 2.07. The molecule has 0 saturated heterocycles. The number of nitrogens with zero attached hydrogens (tertiary/aromatic N) is 2. The van der Waals surface area contributed by atoms with Crippen LogP contribution in [-0.4, -0.2) is 35.9 Å². The van der Waals surface area contributed by atoms with Gasteiger partial charge in [0, 0.05) is 26.6 Å². The molecule has 0 spiro atoms. The van der Waals surface area contributed by atoms with Gasteiger partial charge in [-0.3, -0.25) is 4.79 Å². The quantitative estimate of drug-likeness (QED) is 0.861. The summed E-state index contributed by atoms with van der Waals surface area (Å²) in [7, 11) is 1.80. The maximum Gasteiger partial charge on any atom is 0.223 e. The van der Waals surface area contributed by atoms with E-state index in [1.165, 1.54) is 6.39 Å². The molecule has 2 aromatic rings. The molecule has 1 aromatic carbocycles.